The number of thioether (sulfide) groups is 1. The summed E-state index contributed by atoms with van der Waals surface area (Å²) in [5.74, 6) is 1.67. The molecule has 0 radical (unpaired) electrons. The minimum atomic E-state index is 0.437. The van der Waals surface area contributed by atoms with E-state index in [9.17, 15) is 0 Å². The minimum Gasteiger partial charge on any atom is -0.369 e. The van der Waals surface area contributed by atoms with E-state index in [1.807, 2.05) is 12.3 Å². The number of anilines is 1. The molecule has 0 saturated heterocycles. The second-order valence-electron chi connectivity index (χ2n) is 4.24. The number of rotatable bonds is 6. The molecule has 1 aliphatic carbocycles. The van der Waals surface area contributed by atoms with Crippen LogP contribution in [-0.4, -0.2) is 28.6 Å². The number of hydrogen-bond donors (Lipinski definition) is 1. The van der Waals surface area contributed by atoms with Gasteiger partial charge in [0.15, 0.2) is 0 Å². The SMILES string of the molecule is CSc1cc(NCC2(CCCl)CC2)ncn1. The van der Waals surface area contributed by atoms with Gasteiger partial charge >= 0.3 is 0 Å². The van der Waals surface area contributed by atoms with Crippen molar-refractivity contribution < 1.29 is 0 Å². The van der Waals surface area contributed by atoms with E-state index in [1.54, 1.807) is 18.1 Å². The molecule has 0 aliphatic heterocycles. The van der Waals surface area contributed by atoms with E-state index in [2.05, 4.69) is 15.3 Å². The maximum absolute atomic E-state index is 5.80. The van der Waals surface area contributed by atoms with Crippen molar-refractivity contribution in [1.82, 2.24) is 9.97 Å². The molecule has 16 heavy (non-hydrogen) atoms. The highest BCUT2D eigenvalue weighted by Gasteiger charge is 2.41. The lowest BCUT2D eigenvalue weighted by atomic mass is 10.0. The summed E-state index contributed by atoms with van der Waals surface area (Å²) in [7, 11) is 0. The molecule has 1 aromatic rings. The van der Waals surface area contributed by atoms with Crippen molar-refractivity contribution in [2.45, 2.75) is 24.3 Å². The Morgan fingerprint density at radius 1 is 1.50 bits per heavy atom. The Balaban J connectivity index is 1.89. The van der Waals surface area contributed by atoms with Gasteiger partial charge in [-0.25, -0.2) is 9.97 Å². The van der Waals surface area contributed by atoms with Crippen LogP contribution >= 0.6 is 23.4 Å². The van der Waals surface area contributed by atoms with Gasteiger partial charge < -0.3 is 5.32 Å². The van der Waals surface area contributed by atoms with Gasteiger partial charge in [0.05, 0.1) is 0 Å². The van der Waals surface area contributed by atoms with E-state index < -0.39 is 0 Å². The van der Waals surface area contributed by atoms with E-state index in [1.165, 1.54) is 12.8 Å². The number of aromatic nitrogens is 2. The first-order valence-electron chi connectivity index (χ1n) is 5.44. The lowest BCUT2D eigenvalue weighted by Crippen LogP contribution is -2.16. The van der Waals surface area contributed by atoms with Crippen LogP contribution < -0.4 is 5.32 Å². The van der Waals surface area contributed by atoms with Gasteiger partial charge in [0.1, 0.15) is 17.2 Å². The Kier molecular flexibility index (Phi) is 3.92. The highest BCUT2D eigenvalue weighted by atomic mass is 35.5. The van der Waals surface area contributed by atoms with Gasteiger partial charge in [0, 0.05) is 18.5 Å². The van der Waals surface area contributed by atoms with Crippen molar-refractivity contribution in [3.63, 3.8) is 0 Å². The van der Waals surface area contributed by atoms with Crippen molar-refractivity contribution in [3.05, 3.63) is 12.4 Å². The second kappa shape index (κ2) is 5.23. The van der Waals surface area contributed by atoms with Crippen molar-refractivity contribution in [2.75, 3.05) is 24.0 Å². The zero-order valence-electron chi connectivity index (χ0n) is 9.37. The van der Waals surface area contributed by atoms with Crippen molar-refractivity contribution in [1.29, 1.82) is 0 Å². The average molecular weight is 258 g/mol. The molecule has 0 atom stereocenters. The molecule has 1 saturated carbocycles. The topological polar surface area (TPSA) is 37.8 Å². The quantitative estimate of drug-likeness (QED) is 0.483. The van der Waals surface area contributed by atoms with E-state index in [4.69, 9.17) is 11.6 Å². The molecule has 1 heterocycles. The summed E-state index contributed by atoms with van der Waals surface area (Å²) in [5.41, 5.74) is 0.437. The highest BCUT2D eigenvalue weighted by molar-refractivity contribution is 7.98. The standard InChI is InChI=1S/C11H16ClN3S/c1-16-10-6-9(14-8-15-10)13-7-11(2-3-11)4-5-12/h6,8H,2-5,7H2,1H3,(H,13,14,15). The number of halogens is 1. The summed E-state index contributed by atoms with van der Waals surface area (Å²) in [5, 5.41) is 4.38. The van der Waals surface area contributed by atoms with Gasteiger partial charge in [-0.05, 0) is 30.9 Å². The van der Waals surface area contributed by atoms with Crippen LogP contribution in [-0.2, 0) is 0 Å². The van der Waals surface area contributed by atoms with Crippen LogP contribution in [0.5, 0.6) is 0 Å². The monoisotopic (exact) mass is 257 g/mol. The third kappa shape index (κ3) is 3.01. The molecule has 88 valence electrons. The maximum atomic E-state index is 5.80. The van der Waals surface area contributed by atoms with Gasteiger partial charge in [-0.3, -0.25) is 0 Å². The van der Waals surface area contributed by atoms with Gasteiger partial charge in [-0.2, -0.15) is 0 Å². The van der Waals surface area contributed by atoms with E-state index in [0.29, 0.717) is 5.41 Å². The molecule has 5 heteroatoms. The molecule has 0 bridgehead atoms. The van der Waals surface area contributed by atoms with Crippen LogP contribution in [0.25, 0.3) is 0 Å². The van der Waals surface area contributed by atoms with Crippen LogP contribution in [0, 0.1) is 5.41 Å². The number of hydrogen-bond acceptors (Lipinski definition) is 4. The number of alkyl halides is 1. The van der Waals surface area contributed by atoms with Crippen molar-refractivity contribution in [2.24, 2.45) is 5.41 Å². The summed E-state index contributed by atoms with van der Waals surface area (Å²) >= 11 is 7.43. The molecule has 1 fully saturated rings. The average Bonchev–Trinajstić information content (AvgIpc) is 3.08. The molecular weight excluding hydrogens is 242 g/mol. The Hall–Kier alpha value is -0.480. The molecule has 1 N–H and O–H groups in total. The summed E-state index contributed by atoms with van der Waals surface area (Å²) < 4.78 is 0. The first-order valence-corrected chi connectivity index (χ1v) is 7.20. The first-order chi connectivity index (χ1) is 7.78. The zero-order chi connectivity index (χ0) is 11.4. The number of nitrogens with zero attached hydrogens (tertiary/aromatic N) is 2. The van der Waals surface area contributed by atoms with E-state index in [0.717, 1.165) is 29.7 Å². The van der Waals surface area contributed by atoms with Crippen LogP contribution in [0.2, 0.25) is 0 Å². The minimum absolute atomic E-state index is 0.437. The summed E-state index contributed by atoms with van der Waals surface area (Å²) in [6, 6.07) is 1.99. The van der Waals surface area contributed by atoms with Crippen LogP contribution in [0.3, 0.4) is 0 Å². The Morgan fingerprint density at radius 3 is 2.94 bits per heavy atom. The summed E-state index contributed by atoms with van der Waals surface area (Å²) in [6.07, 6.45) is 7.29. The molecule has 1 aliphatic rings. The fourth-order valence-corrected chi connectivity index (χ4v) is 2.50. The predicted octanol–water partition coefficient (Wildman–Crippen LogP) is 3.02. The van der Waals surface area contributed by atoms with E-state index >= 15 is 0 Å². The van der Waals surface area contributed by atoms with Crippen LogP contribution in [0.1, 0.15) is 19.3 Å². The van der Waals surface area contributed by atoms with Crippen LogP contribution in [0.4, 0.5) is 5.82 Å². The lowest BCUT2D eigenvalue weighted by molar-refractivity contribution is 0.524. The smallest absolute Gasteiger partial charge is 0.130 e. The third-order valence-electron chi connectivity index (χ3n) is 3.08. The molecule has 1 aromatic heterocycles. The van der Waals surface area contributed by atoms with Crippen molar-refractivity contribution in [3.8, 4) is 0 Å². The third-order valence-corrected chi connectivity index (χ3v) is 3.91. The zero-order valence-corrected chi connectivity index (χ0v) is 10.9. The Labute approximate surface area is 105 Å². The largest absolute Gasteiger partial charge is 0.369 e. The molecule has 0 aromatic carbocycles. The highest BCUT2D eigenvalue weighted by Crippen LogP contribution is 2.48. The van der Waals surface area contributed by atoms with E-state index in [-0.39, 0.29) is 0 Å². The molecule has 0 amide bonds. The number of nitrogens with one attached hydrogen (secondary N) is 1. The fourth-order valence-electron chi connectivity index (χ4n) is 1.72. The predicted molar refractivity (Wildman–Crippen MR) is 69.3 cm³/mol. The molecule has 2 rings (SSSR count). The first kappa shape index (κ1) is 12.0. The summed E-state index contributed by atoms with van der Waals surface area (Å²) in [6.45, 7) is 0.977. The maximum Gasteiger partial charge on any atom is 0.130 e. The van der Waals surface area contributed by atoms with Gasteiger partial charge in [-0.15, -0.1) is 23.4 Å². The lowest BCUT2D eigenvalue weighted by Gasteiger charge is -2.14. The van der Waals surface area contributed by atoms with Gasteiger partial charge in [0.25, 0.3) is 0 Å². The van der Waals surface area contributed by atoms with Crippen LogP contribution in [0.15, 0.2) is 17.4 Å². The molecular formula is C11H16ClN3S. The van der Waals surface area contributed by atoms with Gasteiger partial charge in [0.2, 0.25) is 0 Å². The molecule has 0 spiro atoms. The second-order valence-corrected chi connectivity index (χ2v) is 5.44. The Morgan fingerprint density at radius 2 is 2.31 bits per heavy atom. The van der Waals surface area contributed by atoms with Gasteiger partial charge in [-0.1, -0.05) is 0 Å². The summed E-state index contributed by atoms with van der Waals surface area (Å²) in [4.78, 5) is 8.35. The molecule has 0 unspecified atom stereocenters. The normalized spacial score (nSPS) is 17.1. The Bertz CT molecular complexity index is 355. The fraction of sp³-hybridized carbons (Fsp3) is 0.636. The van der Waals surface area contributed by atoms with Crippen molar-refractivity contribution >= 4 is 29.2 Å². The molecule has 3 nitrogen and oxygen atoms in total.